The van der Waals surface area contributed by atoms with E-state index in [4.69, 9.17) is 32.7 Å². The maximum atomic E-state index is 12.8. The molecular weight excluding hydrogens is 439 g/mol. The number of nitrogens with zero attached hydrogens (tertiary/aromatic N) is 3. The monoisotopic (exact) mass is 458 g/mol. The van der Waals surface area contributed by atoms with Gasteiger partial charge in [0, 0.05) is 26.9 Å². The molecule has 0 saturated heterocycles. The molecule has 0 amide bonds. The molecule has 1 unspecified atom stereocenters. The van der Waals surface area contributed by atoms with Crippen LogP contribution in [0.1, 0.15) is 31.0 Å². The first-order valence-electron chi connectivity index (χ1n) is 9.69. The summed E-state index contributed by atoms with van der Waals surface area (Å²) in [6.45, 7) is 4.08. The fourth-order valence-corrected chi connectivity index (χ4v) is 3.95. The summed E-state index contributed by atoms with van der Waals surface area (Å²) >= 11 is 12.3. The van der Waals surface area contributed by atoms with Crippen LogP contribution in [0.2, 0.25) is 10.0 Å². The Bertz CT molecular complexity index is 1160. The number of carbonyl (C=O) groups is 1. The molecule has 160 valence electrons. The van der Waals surface area contributed by atoms with E-state index in [1.54, 1.807) is 23.7 Å². The van der Waals surface area contributed by atoms with Crippen LogP contribution in [0.4, 0.5) is 5.95 Å². The lowest BCUT2D eigenvalue weighted by Crippen LogP contribution is -2.30. The number of hydrogen-bond acceptors (Lipinski definition) is 6. The average molecular weight is 459 g/mol. The number of anilines is 1. The van der Waals surface area contributed by atoms with E-state index in [2.05, 4.69) is 15.4 Å². The second-order valence-electron chi connectivity index (χ2n) is 6.88. The molecule has 1 atom stereocenters. The number of carbonyl (C=O) groups excluding carboxylic acids is 1. The van der Waals surface area contributed by atoms with Gasteiger partial charge in [-0.3, -0.25) is 0 Å². The molecule has 2 aromatic carbocycles. The highest BCUT2D eigenvalue weighted by atomic mass is 35.5. The third kappa shape index (κ3) is 4.24. The molecule has 1 N–H and O–H groups in total. The summed E-state index contributed by atoms with van der Waals surface area (Å²) in [5, 5.41) is 8.53. The first-order chi connectivity index (χ1) is 15.0. The van der Waals surface area contributed by atoms with Crippen molar-refractivity contribution in [2.75, 3.05) is 11.9 Å². The van der Waals surface area contributed by atoms with Crippen LogP contribution in [0, 0.1) is 0 Å². The predicted octanol–water partition coefficient (Wildman–Crippen LogP) is 5.02. The van der Waals surface area contributed by atoms with Crippen LogP contribution in [0.3, 0.4) is 0 Å². The summed E-state index contributed by atoms with van der Waals surface area (Å²) in [5.41, 5.74) is 2.65. The molecule has 3 aromatic rings. The van der Waals surface area contributed by atoms with Gasteiger partial charge < -0.3 is 14.8 Å². The minimum Gasteiger partial charge on any atom is -0.488 e. The molecule has 0 aliphatic carbocycles. The van der Waals surface area contributed by atoms with E-state index in [-0.39, 0.29) is 13.2 Å². The Balaban J connectivity index is 1.73. The van der Waals surface area contributed by atoms with Gasteiger partial charge in [0.25, 0.3) is 0 Å². The standard InChI is InChI=1S/C22H20Cl2N4O3/c1-3-30-21(29)19-13(2)27-22-25-12-26-28(22)20(19)16-6-4-5-7-18(16)31-11-14-8-9-15(23)10-17(14)24/h4-10,12,20H,3,11H2,1-2H3,(H,25,26,27). The van der Waals surface area contributed by atoms with Gasteiger partial charge in [0.2, 0.25) is 5.95 Å². The Kier molecular flexibility index (Phi) is 6.15. The topological polar surface area (TPSA) is 78.3 Å². The quantitative estimate of drug-likeness (QED) is 0.522. The number of aromatic nitrogens is 3. The second kappa shape index (κ2) is 8.99. The fourth-order valence-electron chi connectivity index (χ4n) is 3.48. The summed E-state index contributed by atoms with van der Waals surface area (Å²) < 4.78 is 13.1. The zero-order chi connectivity index (χ0) is 22.0. The number of halogens is 2. The van der Waals surface area contributed by atoms with Crippen LogP contribution < -0.4 is 10.1 Å². The number of ether oxygens (including phenoxy) is 2. The first-order valence-corrected chi connectivity index (χ1v) is 10.4. The van der Waals surface area contributed by atoms with E-state index >= 15 is 0 Å². The van der Waals surface area contributed by atoms with Crippen LogP contribution in [-0.4, -0.2) is 27.3 Å². The van der Waals surface area contributed by atoms with Gasteiger partial charge in [0.15, 0.2) is 0 Å². The molecule has 0 bridgehead atoms. The molecule has 7 nitrogen and oxygen atoms in total. The van der Waals surface area contributed by atoms with Gasteiger partial charge in [-0.25, -0.2) is 9.48 Å². The molecule has 0 saturated carbocycles. The molecule has 1 aliphatic heterocycles. The van der Waals surface area contributed by atoms with Crippen molar-refractivity contribution in [2.24, 2.45) is 0 Å². The van der Waals surface area contributed by atoms with Crippen molar-refractivity contribution in [1.82, 2.24) is 14.8 Å². The van der Waals surface area contributed by atoms with Crippen LogP contribution >= 0.6 is 23.2 Å². The number of rotatable bonds is 6. The van der Waals surface area contributed by atoms with E-state index in [1.807, 2.05) is 37.3 Å². The number of benzene rings is 2. The van der Waals surface area contributed by atoms with Gasteiger partial charge in [0.1, 0.15) is 24.7 Å². The summed E-state index contributed by atoms with van der Waals surface area (Å²) in [5.74, 6) is 0.705. The first kappa shape index (κ1) is 21.2. The summed E-state index contributed by atoms with van der Waals surface area (Å²) in [7, 11) is 0. The van der Waals surface area contributed by atoms with Crippen molar-refractivity contribution in [3.63, 3.8) is 0 Å². The Morgan fingerprint density at radius 3 is 2.81 bits per heavy atom. The van der Waals surface area contributed by atoms with Gasteiger partial charge in [-0.15, -0.1) is 0 Å². The average Bonchev–Trinajstić information content (AvgIpc) is 3.20. The third-order valence-electron chi connectivity index (χ3n) is 4.90. The predicted molar refractivity (Wildman–Crippen MR) is 118 cm³/mol. The largest absolute Gasteiger partial charge is 0.488 e. The highest BCUT2D eigenvalue weighted by molar-refractivity contribution is 6.35. The number of fused-ring (bicyclic) bond motifs is 1. The lowest BCUT2D eigenvalue weighted by atomic mass is 9.95. The molecule has 1 aromatic heterocycles. The molecule has 0 fully saturated rings. The lowest BCUT2D eigenvalue weighted by Gasteiger charge is -2.29. The Morgan fingerprint density at radius 1 is 1.23 bits per heavy atom. The number of para-hydroxylation sites is 1. The van der Waals surface area contributed by atoms with Crippen LogP contribution in [0.25, 0.3) is 0 Å². The van der Waals surface area contributed by atoms with Gasteiger partial charge in [-0.05, 0) is 32.0 Å². The minimum absolute atomic E-state index is 0.236. The Hall–Kier alpha value is -3.03. The SMILES string of the molecule is CCOC(=O)C1=C(C)Nc2ncnn2C1c1ccccc1OCc1ccc(Cl)cc1Cl. The van der Waals surface area contributed by atoms with E-state index in [0.29, 0.717) is 33.0 Å². The van der Waals surface area contributed by atoms with Crippen LogP contribution in [0.15, 0.2) is 60.1 Å². The summed E-state index contributed by atoms with van der Waals surface area (Å²) in [4.78, 5) is 17.1. The highest BCUT2D eigenvalue weighted by Crippen LogP contribution is 2.39. The zero-order valence-electron chi connectivity index (χ0n) is 16.9. The van der Waals surface area contributed by atoms with Crippen molar-refractivity contribution < 1.29 is 14.3 Å². The molecular formula is C22H20Cl2N4O3. The Labute approximate surface area is 189 Å². The molecule has 4 rings (SSSR count). The van der Waals surface area contributed by atoms with E-state index in [9.17, 15) is 4.79 Å². The molecule has 9 heteroatoms. The van der Waals surface area contributed by atoms with E-state index in [1.165, 1.54) is 6.33 Å². The van der Waals surface area contributed by atoms with Gasteiger partial charge in [0.05, 0.1) is 12.2 Å². The van der Waals surface area contributed by atoms with E-state index in [0.717, 1.165) is 11.1 Å². The van der Waals surface area contributed by atoms with Gasteiger partial charge in [-0.1, -0.05) is 47.5 Å². The molecule has 0 spiro atoms. The fraction of sp³-hybridized carbons (Fsp3) is 0.227. The van der Waals surface area contributed by atoms with Crippen LogP contribution in [0.5, 0.6) is 5.75 Å². The van der Waals surface area contributed by atoms with Gasteiger partial charge in [-0.2, -0.15) is 10.1 Å². The van der Waals surface area contributed by atoms with Crippen LogP contribution in [-0.2, 0) is 16.1 Å². The van der Waals surface area contributed by atoms with Gasteiger partial charge >= 0.3 is 5.97 Å². The van der Waals surface area contributed by atoms with E-state index < -0.39 is 12.0 Å². The van der Waals surface area contributed by atoms with Crippen molar-refractivity contribution in [3.8, 4) is 5.75 Å². The van der Waals surface area contributed by atoms with Crippen molar-refractivity contribution in [3.05, 3.63) is 81.2 Å². The highest BCUT2D eigenvalue weighted by Gasteiger charge is 2.35. The van der Waals surface area contributed by atoms with Crippen molar-refractivity contribution >= 4 is 35.1 Å². The summed E-state index contributed by atoms with van der Waals surface area (Å²) in [6.07, 6.45) is 1.44. The molecule has 31 heavy (non-hydrogen) atoms. The number of nitrogens with one attached hydrogen (secondary N) is 1. The smallest absolute Gasteiger partial charge is 0.338 e. The number of esters is 1. The molecule has 0 radical (unpaired) electrons. The Morgan fingerprint density at radius 2 is 2.03 bits per heavy atom. The maximum absolute atomic E-state index is 12.8. The van der Waals surface area contributed by atoms with Crippen molar-refractivity contribution in [1.29, 1.82) is 0 Å². The normalized spacial score (nSPS) is 15.3. The van der Waals surface area contributed by atoms with Crippen molar-refractivity contribution in [2.45, 2.75) is 26.5 Å². The molecule has 2 heterocycles. The number of allylic oxidation sites excluding steroid dienone is 1. The molecule has 1 aliphatic rings. The third-order valence-corrected chi connectivity index (χ3v) is 5.49. The zero-order valence-corrected chi connectivity index (χ0v) is 18.4. The second-order valence-corrected chi connectivity index (χ2v) is 7.72. The number of hydrogen-bond donors (Lipinski definition) is 1. The minimum atomic E-state index is -0.560. The maximum Gasteiger partial charge on any atom is 0.338 e. The summed E-state index contributed by atoms with van der Waals surface area (Å²) in [6, 6.07) is 12.2. The lowest BCUT2D eigenvalue weighted by molar-refractivity contribution is -0.139.